The highest BCUT2D eigenvalue weighted by molar-refractivity contribution is 7.99. The summed E-state index contributed by atoms with van der Waals surface area (Å²) in [5.41, 5.74) is 1.81. The van der Waals surface area contributed by atoms with E-state index in [1.165, 1.54) is 16.2 Å². The number of thiophene rings is 1. The number of aryl methyl sites for hydroxylation is 1. The average Bonchev–Trinajstić information content (AvgIpc) is 3.33. The van der Waals surface area contributed by atoms with Crippen molar-refractivity contribution in [2.75, 3.05) is 24.7 Å². The summed E-state index contributed by atoms with van der Waals surface area (Å²) >= 11 is 2.65. The summed E-state index contributed by atoms with van der Waals surface area (Å²) in [6.07, 6.45) is 0. The number of aromatic nitrogens is 2. The van der Waals surface area contributed by atoms with Crippen LogP contribution in [0.25, 0.3) is 10.8 Å². The number of anilines is 1. The maximum Gasteiger partial charge on any atom is 0.277 e. The van der Waals surface area contributed by atoms with Gasteiger partial charge in [-0.1, -0.05) is 35.5 Å². The Morgan fingerprint density at radius 1 is 1.22 bits per heavy atom. The van der Waals surface area contributed by atoms with Crippen molar-refractivity contribution in [1.29, 1.82) is 0 Å². The maximum atomic E-state index is 12.2. The summed E-state index contributed by atoms with van der Waals surface area (Å²) in [5.74, 6) is 0.0959. The van der Waals surface area contributed by atoms with Crippen molar-refractivity contribution in [3.8, 4) is 10.8 Å². The van der Waals surface area contributed by atoms with Crippen LogP contribution >= 0.6 is 23.1 Å². The van der Waals surface area contributed by atoms with Crippen LogP contribution in [0, 0.1) is 6.92 Å². The molecule has 0 aliphatic carbocycles. The van der Waals surface area contributed by atoms with Gasteiger partial charge in [0.2, 0.25) is 11.8 Å². The van der Waals surface area contributed by atoms with E-state index in [-0.39, 0.29) is 24.1 Å². The van der Waals surface area contributed by atoms with Crippen molar-refractivity contribution in [1.82, 2.24) is 15.1 Å². The first-order valence-corrected chi connectivity index (χ1v) is 9.98. The highest BCUT2D eigenvalue weighted by Crippen LogP contribution is 2.26. The molecule has 3 aromatic rings. The van der Waals surface area contributed by atoms with Crippen molar-refractivity contribution >= 4 is 40.6 Å². The Bertz CT molecular complexity index is 907. The summed E-state index contributed by atoms with van der Waals surface area (Å²) in [5, 5.41) is 12.9. The fraction of sp³-hybridized carbons (Fsp3) is 0.222. The van der Waals surface area contributed by atoms with Crippen molar-refractivity contribution in [2.45, 2.75) is 12.1 Å². The summed E-state index contributed by atoms with van der Waals surface area (Å²) in [6.45, 7) is 1.94. The summed E-state index contributed by atoms with van der Waals surface area (Å²) in [4.78, 5) is 26.5. The topological polar surface area (TPSA) is 88.3 Å². The number of amides is 2. The van der Waals surface area contributed by atoms with Crippen LogP contribution in [0.4, 0.5) is 5.69 Å². The lowest BCUT2D eigenvalue weighted by molar-refractivity contribution is -0.131. The van der Waals surface area contributed by atoms with Gasteiger partial charge in [-0.25, -0.2) is 0 Å². The molecule has 1 N–H and O–H groups in total. The number of rotatable bonds is 7. The summed E-state index contributed by atoms with van der Waals surface area (Å²) in [7, 11) is 1.59. The molecule has 0 fully saturated rings. The van der Waals surface area contributed by atoms with Crippen molar-refractivity contribution < 1.29 is 14.0 Å². The molecule has 0 atom stereocenters. The molecule has 2 amide bonds. The van der Waals surface area contributed by atoms with E-state index in [1.54, 1.807) is 7.05 Å². The van der Waals surface area contributed by atoms with E-state index in [1.807, 2.05) is 48.7 Å². The van der Waals surface area contributed by atoms with Crippen LogP contribution in [0.5, 0.6) is 0 Å². The van der Waals surface area contributed by atoms with Crippen molar-refractivity contribution in [3.63, 3.8) is 0 Å². The number of nitrogens with zero attached hydrogens (tertiary/aromatic N) is 3. The molecular weight excluding hydrogens is 384 g/mol. The van der Waals surface area contributed by atoms with E-state index >= 15 is 0 Å². The highest BCUT2D eigenvalue weighted by atomic mass is 32.2. The van der Waals surface area contributed by atoms with Gasteiger partial charge in [0.05, 0.1) is 17.2 Å². The minimum atomic E-state index is -0.252. The molecule has 0 bridgehead atoms. The quantitative estimate of drug-likeness (QED) is 0.610. The van der Waals surface area contributed by atoms with E-state index in [4.69, 9.17) is 4.42 Å². The largest absolute Gasteiger partial charge is 0.410 e. The molecule has 0 aliphatic heterocycles. The average molecular weight is 403 g/mol. The minimum absolute atomic E-state index is 0.0302. The molecule has 0 saturated carbocycles. The summed E-state index contributed by atoms with van der Waals surface area (Å²) in [6, 6.07) is 11.3. The zero-order valence-corrected chi connectivity index (χ0v) is 16.5. The predicted octanol–water partition coefficient (Wildman–Crippen LogP) is 3.30. The number of hydrogen-bond acceptors (Lipinski definition) is 7. The van der Waals surface area contributed by atoms with Gasteiger partial charge >= 0.3 is 0 Å². The molecule has 2 heterocycles. The van der Waals surface area contributed by atoms with E-state index in [0.29, 0.717) is 16.8 Å². The molecule has 0 saturated heterocycles. The van der Waals surface area contributed by atoms with E-state index in [9.17, 15) is 9.59 Å². The minimum Gasteiger partial charge on any atom is -0.410 e. The number of nitrogens with one attached hydrogen (secondary N) is 1. The molecule has 0 radical (unpaired) electrons. The Labute approximate surface area is 164 Å². The van der Waals surface area contributed by atoms with Crippen LogP contribution in [0.2, 0.25) is 0 Å². The summed E-state index contributed by atoms with van der Waals surface area (Å²) < 4.78 is 5.53. The number of hydrogen-bond donors (Lipinski definition) is 1. The van der Waals surface area contributed by atoms with Gasteiger partial charge in [0.15, 0.2) is 0 Å². The first-order valence-electron chi connectivity index (χ1n) is 8.12. The Morgan fingerprint density at radius 3 is 2.70 bits per heavy atom. The molecule has 27 heavy (non-hydrogen) atoms. The van der Waals surface area contributed by atoms with Gasteiger partial charge in [-0.05, 0) is 30.5 Å². The number of benzene rings is 1. The SMILES string of the molecule is Cc1ccc(NC(=O)CN(C)C(=O)CSc2nnc(-c3cccs3)o2)cc1. The maximum absolute atomic E-state index is 12.2. The number of thioether (sulfide) groups is 1. The Balaban J connectivity index is 1.46. The van der Waals surface area contributed by atoms with Gasteiger partial charge in [0.25, 0.3) is 11.1 Å². The van der Waals surface area contributed by atoms with Crippen molar-refractivity contribution in [2.24, 2.45) is 0 Å². The van der Waals surface area contributed by atoms with E-state index in [0.717, 1.165) is 22.2 Å². The lowest BCUT2D eigenvalue weighted by Crippen LogP contribution is -2.35. The van der Waals surface area contributed by atoms with Crippen LogP contribution in [-0.2, 0) is 9.59 Å². The second-order valence-corrected chi connectivity index (χ2v) is 7.68. The zero-order chi connectivity index (χ0) is 19.2. The molecular formula is C18H18N4O3S2. The standard InChI is InChI=1S/C18H18N4O3S2/c1-12-5-7-13(8-6-12)19-15(23)10-22(2)16(24)11-27-18-21-20-17(25-18)14-4-3-9-26-14/h3-9H,10-11H2,1-2H3,(H,19,23). The molecule has 140 valence electrons. The molecule has 0 unspecified atom stereocenters. The van der Waals surface area contributed by atoms with Crippen LogP contribution < -0.4 is 5.32 Å². The zero-order valence-electron chi connectivity index (χ0n) is 14.8. The van der Waals surface area contributed by atoms with Crippen LogP contribution in [-0.4, -0.2) is 46.3 Å². The van der Waals surface area contributed by atoms with Gasteiger partial charge in [0, 0.05) is 12.7 Å². The van der Waals surface area contributed by atoms with Gasteiger partial charge < -0.3 is 14.6 Å². The van der Waals surface area contributed by atoms with Crippen LogP contribution in [0.3, 0.4) is 0 Å². The number of likely N-dealkylation sites (N-methyl/N-ethyl adjacent to an activating group) is 1. The third kappa shape index (κ3) is 5.41. The number of carbonyl (C=O) groups is 2. The monoisotopic (exact) mass is 402 g/mol. The fourth-order valence-corrected chi connectivity index (χ4v) is 3.49. The third-order valence-corrected chi connectivity index (χ3v) is 5.26. The first kappa shape index (κ1) is 19.1. The predicted molar refractivity (Wildman–Crippen MR) is 106 cm³/mol. The van der Waals surface area contributed by atoms with E-state index < -0.39 is 0 Å². The highest BCUT2D eigenvalue weighted by Gasteiger charge is 2.16. The Morgan fingerprint density at radius 2 is 2.00 bits per heavy atom. The first-order chi connectivity index (χ1) is 13.0. The lowest BCUT2D eigenvalue weighted by atomic mass is 10.2. The van der Waals surface area contributed by atoms with Gasteiger partial charge in [-0.3, -0.25) is 9.59 Å². The lowest BCUT2D eigenvalue weighted by Gasteiger charge is -2.16. The van der Waals surface area contributed by atoms with E-state index in [2.05, 4.69) is 15.5 Å². The molecule has 7 nitrogen and oxygen atoms in total. The molecule has 0 spiro atoms. The van der Waals surface area contributed by atoms with Gasteiger partial charge in [-0.2, -0.15) is 0 Å². The van der Waals surface area contributed by atoms with Crippen molar-refractivity contribution in [3.05, 3.63) is 47.3 Å². The van der Waals surface area contributed by atoms with Crippen LogP contribution in [0.1, 0.15) is 5.56 Å². The number of carbonyl (C=O) groups excluding carboxylic acids is 2. The van der Waals surface area contributed by atoms with Gasteiger partial charge in [-0.15, -0.1) is 21.5 Å². The smallest absolute Gasteiger partial charge is 0.277 e. The Hall–Kier alpha value is -2.65. The van der Waals surface area contributed by atoms with Gasteiger partial charge in [0.1, 0.15) is 0 Å². The molecule has 3 rings (SSSR count). The second-order valence-electron chi connectivity index (χ2n) is 5.80. The molecule has 2 aromatic heterocycles. The Kier molecular flexibility index (Phi) is 6.25. The molecule has 9 heteroatoms. The molecule has 1 aromatic carbocycles. The van der Waals surface area contributed by atoms with Crippen LogP contribution in [0.15, 0.2) is 51.4 Å². The second kappa shape index (κ2) is 8.83. The third-order valence-electron chi connectivity index (χ3n) is 3.60. The normalized spacial score (nSPS) is 10.6. The fourth-order valence-electron chi connectivity index (χ4n) is 2.14. The molecule has 0 aliphatic rings.